The second kappa shape index (κ2) is 8.42. The number of benzene rings is 2. The van der Waals surface area contributed by atoms with Gasteiger partial charge in [0.15, 0.2) is 0 Å². The Morgan fingerprint density at radius 1 is 1.10 bits per heavy atom. The van der Waals surface area contributed by atoms with Crippen LogP contribution in [0.1, 0.15) is 30.1 Å². The highest BCUT2D eigenvalue weighted by atomic mass is 32.2. The van der Waals surface area contributed by atoms with Crippen LogP contribution in [0.15, 0.2) is 47.4 Å². The van der Waals surface area contributed by atoms with Gasteiger partial charge in [0.2, 0.25) is 10.0 Å². The first-order chi connectivity index (χ1) is 13.8. The van der Waals surface area contributed by atoms with Gasteiger partial charge in [0.25, 0.3) is 5.91 Å². The maximum atomic E-state index is 13.5. The summed E-state index contributed by atoms with van der Waals surface area (Å²) in [6.45, 7) is 2.02. The third kappa shape index (κ3) is 4.38. The molecule has 1 aliphatic rings. The molecule has 1 N–H and O–H groups in total. The number of amides is 1. The molecule has 156 valence electrons. The molecule has 1 unspecified atom stereocenters. The van der Waals surface area contributed by atoms with Gasteiger partial charge in [-0.05, 0) is 75.2 Å². The Labute approximate surface area is 171 Å². The van der Waals surface area contributed by atoms with Gasteiger partial charge in [0.05, 0.1) is 14.2 Å². The molecule has 2 aromatic carbocycles. The van der Waals surface area contributed by atoms with Gasteiger partial charge in [0.1, 0.15) is 16.4 Å². The zero-order chi connectivity index (χ0) is 21.2. The Kier molecular flexibility index (Phi) is 6.14. The number of hydrogen-bond donors (Lipinski definition) is 1. The number of hydrogen-bond acceptors (Lipinski definition) is 5. The van der Waals surface area contributed by atoms with Gasteiger partial charge in [-0.1, -0.05) is 0 Å². The first-order valence-corrected chi connectivity index (χ1v) is 10.9. The molecule has 0 aliphatic heterocycles. The first kappa shape index (κ1) is 21.1. The van der Waals surface area contributed by atoms with Crippen LogP contribution < -0.4 is 19.1 Å². The van der Waals surface area contributed by atoms with Crippen LogP contribution in [0.25, 0.3) is 0 Å². The highest BCUT2D eigenvalue weighted by Crippen LogP contribution is 2.38. The minimum atomic E-state index is -3.78. The molecule has 1 atom stereocenters. The monoisotopic (exact) mass is 418 g/mol. The van der Waals surface area contributed by atoms with Crippen LogP contribution in [-0.4, -0.2) is 41.6 Å². The molecule has 0 radical (unpaired) electrons. The number of anilines is 1. The van der Waals surface area contributed by atoms with Crippen molar-refractivity contribution in [3.63, 3.8) is 0 Å². The zero-order valence-electron chi connectivity index (χ0n) is 17.0. The number of ether oxygens (including phenoxy) is 2. The van der Waals surface area contributed by atoms with Crippen molar-refractivity contribution in [1.29, 1.82) is 0 Å². The number of nitrogens with one attached hydrogen (secondary N) is 1. The van der Waals surface area contributed by atoms with Crippen molar-refractivity contribution in [2.24, 2.45) is 5.92 Å². The number of nitrogens with zero attached hydrogens (tertiary/aromatic N) is 1. The number of rotatable bonds is 8. The quantitative estimate of drug-likeness (QED) is 0.712. The van der Waals surface area contributed by atoms with Gasteiger partial charge < -0.3 is 14.4 Å². The normalized spacial score (nSPS) is 14.9. The van der Waals surface area contributed by atoms with E-state index < -0.39 is 10.0 Å². The number of carbonyl (C=O) groups excluding carboxylic acids is 1. The lowest BCUT2D eigenvalue weighted by atomic mass is 10.1. The van der Waals surface area contributed by atoms with E-state index in [-0.39, 0.29) is 28.2 Å². The van der Waals surface area contributed by atoms with Crippen molar-refractivity contribution in [2.45, 2.75) is 30.7 Å². The van der Waals surface area contributed by atoms with E-state index in [0.29, 0.717) is 11.7 Å². The third-order valence-corrected chi connectivity index (χ3v) is 6.69. The molecule has 1 fully saturated rings. The van der Waals surface area contributed by atoms with E-state index in [1.54, 1.807) is 30.2 Å². The molecule has 0 aromatic heterocycles. The summed E-state index contributed by atoms with van der Waals surface area (Å²) in [4.78, 5) is 15.1. The lowest BCUT2D eigenvalue weighted by molar-refractivity contribution is 0.0975. The van der Waals surface area contributed by atoms with Crippen LogP contribution in [0.5, 0.6) is 11.5 Å². The maximum Gasteiger partial charge on any atom is 0.258 e. The third-order valence-electron chi connectivity index (χ3n) is 5.25. The predicted molar refractivity (Wildman–Crippen MR) is 111 cm³/mol. The van der Waals surface area contributed by atoms with Gasteiger partial charge in [-0.25, -0.2) is 13.1 Å². The maximum absolute atomic E-state index is 13.5. The minimum absolute atomic E-state index is 0.0117. The number of carbonyl (C=O) groups is 1. The van der Waals surface area contributed by atoms with E-state index >= 15 is 0 Å². The smallest absolute Gasteiger partial charge is 0.258 e. The summed E-state index contributed by atoms with van der Waals surface area (Å²) in [5, 5.41) is 0. The standard InChI is InChI=1S/C21H26N2O5S/c1-14(15-5-6-15)23(17-8-10-18(27-3)11-9-17)21(24)16-7-12-19(28-4)20(13-16)29(25,26)22-2/h7-15,22H,5-6H2,1-4H3. The Bertz CT molecular complexity index is 985. The molecule has 2 aromatic rings. The van der Waals surface area contributed by atoms with Crippen molar-refractivity contribution >= 4 is 21.6 Å². The minimum Gasteiger partial charge on any atom is -0.497 e. The van der Waals surface area contributed by atoms with Crippen molar-refractivity contribution in [3.8, 4) is 11.5 Å². The van der Waals surface area contributed by atoms with E-state index in [1.165, 1.54) is 26.3 Å². The predicted octanol–water partition coefficient (Wildman–Crippen LogP) is 3.06. The summed E-state index contributed by atoms with van der Waals surface area (Å²) in [6, 6.07) is 11.7. The molecule has 1 saturated carbocycles. The SMILES string of the molecule is CNS(=O)(=O)c1cc(C(=O)N(c2ccc(OC)cc2)C(C)C2CC2)ccc1OC. The van der Waals surface area contributed by atoms with Crippen LogP contribution in [0.4, 0.5) is 5.69 Å². The van der Waals surface area contributed by atoms with Gasteiger partial charge >= 0.3 is 0 Å². The van der Waals surface area contributed by atoms with Crippen LogP contribution in [0.2, 0.25) is 0 Å². The van der Waals surface area contributed by atoms with Crippen molar-refractivity contribution in [2.75, 3.05) is 26.2 Å². The summed E-state index contributed by atoms with van der Waals surface area (Å²) < 4.78 is 37.4. The fourth-order valence-electron chi connectivity index (χ4n) is 3.34. The van der Waals surface area contributed by atoms with E-state index in [0.717, 1.165) is 18.5 Å². The Morgan fingerprint density at radius 2 is 1.76 bits per heavy atom. The van der Waals surface area contributed by atoms with Crippen LogP contribution in [0, 0.1) is 5.92 Å². The highest BCUT2D eigenvalue weighted by Gasteiger charge is 2.36. The van der Waals surface area contributed by atoms with E-state index in [4.69, 9.17) is 9.47 Å². The van der Waals surface area contributed by atoms with Crippen LogP contribution in [0.3, 0.4) is 0 Å². The Hall–Kier alpha value is -2.58. The largest absolute Gasteiger partial charge is 0.497 e. The van der Waals surface area contributed by atoms with Crippen molar-refractivity contribution < 1.29 is 22.7 Å². The van der Waals surface area contributed by atoms with Gasteiger partial charge in [-0.2, -0.15) is 0 Å². The van der Waals surface area contributed by atoms with Crippen LogP contribution in [-0.2, 0) is 10.0 Å². The van der Waals surface area contributed by atoms with Crippen molar-refractivity contribution in [3.05, 3.63) is 48.0 Å². The lowest BCUT2D eigenvalue weighted by Gasteiger charge is -2.30. The second-order valence-electron chi connectivity index (χ2n) is 7.02. The molecular formula is C21H26N2O5S. The molecule has 0 saturated heterocycles. The molecule has 0 heterocycles. The molecule has 29 heavy (non-hydrogen) atoms. The highest BCUT2D eigenvalue weighted by molar-refractivity contribution is 7.89. The Morgan fingerprint density at radius 3 is 2.28 bits per heavy atom. The molecule has 0 spiro atoms. The molecular weight excluding hydrogens is 392 g/mol. The molecule has 8 heteroatoms. The van der Waals surface area contributed by atoms with E-state index in [2.05, 4.69) is 4.72 Å². The molecule has 1 amide bonds. The summed E-state index contributed by atoms with van der Waals surface area (Å²) in [5.41, 5.74) is 1.02. The summed E-state index contributed by atoms with van der Waals surface area (Å²) in [7, 11) is 0.521. The van der Waals surface area contributed by atoms with E-state index in [1.807, 2.05) is 19.1 Å². The molecule has 0 bridgehead atoms. The average Bonchev–Trinajstić information content (AvgIpc) is 3.59. The fourth-order valence-corrected chi connectivity index (χ4v) is 4.26. The van der Waals surface area contributed by atoms with E-state index in [9.17, 15) is 13.2 Å². The van der Waals surface area contributed by atoms with Gasteiger partial charge in [0, 0.05) is 17.3 Å². The first-order valence-electron chi connectivity index (χ1n) is 9.41. The second-order valence-corrected chi connectivity index (χ2v) is 8.88. The topological polar surface area (TPSA) is 84.9 Å². The molecule has 7 nitrogen and oxygen atoms in total. The summed E-state index contributed by atoms with van der Waals surface area (Å²) in [5.74, 6) is 1.05. The zero-order valence-corrected chi connectivity index (χ0v) is 17.8. The number of methoxy groups -OCH3 is 2. The summed E-state index contributed by atoms with van der Waals surface area (Å²) in [6.07, 6.45) is 2.15. The molecule has 3 rings (SSSR count). The fraction of sp³-hybridized carbons (Fsp3) is 0.381. The van der Waals surface area contributed by atoms with Gasteiger partial charge in [-0.3, -0.25) is 4.79 Å². The lowest BCUT2D eigenvalue weighted by Crippen LogP contribution is -2.40. The van der Waals surface area contributed by atoms with Gasteiger partial charge in [-0.15, -0.1) is 0 Å². The summed E-state index contributed by atoms with van der Waals surface area (Å²) >= 11 is 0. The van der Waals surface area contributed by atoms with Crippen LogP contribution >= 0.6 is 0 Å². The molecule has 1 aliphatic carbocycles. The Balaban J connectivity index is 2.04. The average molecular weight is 419 g/mol. The number of sulfonamides is 1. The van der Waals surface area contributed by atoms with Crippen molar-refractivity contribution in [1.82, 2.24) is 4.72 Å².